The zero-order valence-electron chi connectivity index (χ0n) is 14.5. The summed E-state index contributed by atoms with van der Waals surface area (Å²) in [5.74, 6) is 0.696. The number of rotatable bonds is 4. The van der Waals surface area contributed by atoms with E-state index in [1.807, 2.05) is 42.2 Å². The molecule has 0 spiro atoms. The van der Waals surface area contributed by atoms with Gasteiger partial charge in [-0.05, 0) is 50.6 Å². The van der Waals surface area contributed by atoms with Crippen molar-refractivity contribution in [3.63, 3.8) is 0 Å². The van der Waals surface area contributed by atoms with Crippen LogP contribution in [0, 0.1) is 18.3 Å². The molecule has 0 N–H and O–H groups in total. The Morgan fingerprint density at radius 2 is 1.92 bits per heavy atom. The van der Waals surface area contributed by atoms with Gasteiger partial charge in [-0.2, -0.15) is 5.26 Å². The van der Waals surface area contributed by atoms with Crippen molar-refractivity contribution in [2.24, 2.45) is 0 Å². The van der Waals surface area contributed by atoms with Crippen LogP contribution in [-0.2, 0) is 6.54 Å². The number of aryl methyl sites for hydroxylation is 1. The van der Waals surface area contributed by atoms with Crippen molar-refractivity contribution in [2.45, 2.75) is 33.4 Å². The van der Waals surface area contributed by atoms with E-state index < -0.39 is 0 Å². The van der Waals surface area contributed by atoms with Crippen LogP contribution in [0.3, 0.4) is 0 Å². The van der Waals surface area contributed by atoms with Gasteiger partial charge in [0.15, 0.2) is 5.65 Å². The molecule has 2 heterocycles. The zero-order chi connectivity index (χ0) is 18.0. The molecule has 0 radical (unpaired) electrons. The fourth-order valence-electron chi connectivity index (χ4n) is 2.67. The van der Waals surface area contributed by atoms with Crippen molar-refractivity contribution < 1.29 is 4.79 Å². The third kappa shape index (κ3) is 3.36. The average Bonchev–Trinajstić information content (AvgIpc) is 3.00. The van der Waals surface area contributed by atoms with Crippen LogP contribution in [0.1, 0.15) is 41.2 Å². The van der Waals surface area contributed by atoms with Gasteiger partial charge in [-0.1, -0.05) is 12.1 Å². The molecular weight excluding hydrogens is 314 g/mol. The van der Waals surface area contributed by atoms with Crippen LogP contribution in [-0.4, -0.2) is 31.4 Å². The lowest BCUT2D eigenvalue weighted by Crippen LogP contribution is -2.36. The normalized spacial score (nSPS) is 10.8. The minimum Gasteiger partial charge on any atom is -0.332 e. The highest BCUT2D eigenvalue weighted by atomic mass is 16.2. The molecule has 3 aromatic rings. The quantitative estimate of drug-likeness (QED) is 0.736. The lowest BCUT2D eigenvalue weighted by molar-refractivity contribution is 0.0690. The van der Waals surface area contributed by atoms with E-state index in [0.717, 1.165) is 17.0 Å². The summed E-state index contributed by atoms with van der Waals surface area (Å²) in [6.45, 7) is 6.32. The van der Waals surface area contributed by atoms with Crippen molar-refractivity contribution in [3.8, 4) is 6.07 Å². The number of hydrogen-bond acceptors (Lipinski definition) is 4. The molecular formula is C19H19N5O. The molecule has 0 fully saturated rings. The van der Waals surface area contributed by atoms with Gasteiger partial charge in [-0.15, -0.1) is 10.2 Å². The SMILES string of the molecule is Cc1nnc2ccc(C(=O)N(Cc3ccc(C#N)cc3)C(C)C)cn12. The van der Waals surface area contributed by atoms with Crippen LogP contribution in [0.25, 0.3) is 5.65 Å². The first-order valence-corrected chi connectivity index (χ1v) is 8.11. The Morgan fingerprint density at radius 3 is 2.56 bits per heavy atom. The number of benzene rings is 1. The highest BCUT2D eigenvalue weighted by molar-refractivity contribution is 5.94. The fourth-order valence-corrected chi connectivity index (χ4v) is 2.67. The molecule has 2 aromatic heterocycles. The van der Waals surface area contributed by atoms with Crippen LogP contribution in [0.4, 0.5) is 0 Å². The number of aromatic nitrogens is 3. The highest BCUT2D eigenvalue weighted by Gasteiger charge is 2.20. The molecule has 0 atom stereocenters. The van der Waals surface area contributed by atoms with E-state index in [9.17, 15) is 4.79 Å². The number of carbonyl (C=O) groups excluding carboxylic acids is 1. The predicted molar refractivity (Wildman–Crippen MR) is 93.9 cm³/mol. The first-order valence-electron chi connectivity index (χ1n) is 8.11. The molecule has 6 heteroatoms. The van der Waals surface area contributed by atoms with E-state index in [0.29, 0.717) is 17.7 Å². The number of nitrogens with zero attached hydrogens (tertiary/aromatic N) is 5. The van der Waals surface area contributed by atoms with Crippen LogP contribution < -0.4 is 0 Å². The second-order valence-corrected chi connectivity index (χ2v) is 6.23. The highest BCUT2D eigenvalue weighted by Crippen LogP contribution is 2.15. The van der Waals surface area contributed by atoms with Gasteiger partial charge in [0.1, 0.15) is 5.82 Å². The maximum Gasteiger partial charge on any atom is 0.255 e. The third-order valence-corrected chi connectivity index (χ3v) is 4.14. The van der Waals surface area contributed by atoms with E-state index in [4.69, 9.17) is 5.26 Å². The number of hydrogen-bond donors (Lipinski definition) is 0. The van der Waals surface area contributed by atoms with E-state index in [-0.39, 0.29) is 11.9 Å². The van der Waals surface area contributed by atoms with Gasteiger partial charge in [0, 0.05) is 18.8 Å². The zero-order valence-corrected chi connectivity index (χ0v) is 14.5. The fraction of sp³-hybridized carbons (Fsp3) is 0.263. The van der Waals surface area contributed by atoms with Crippen LogP contribution in [0.15, 0.2) is 42.6 Å². The molecule has 3 rings (SSSR count). The molecule has 6 nitrogen and oxygen atoms in total. The van der Waals surface area contributed by atoms with Crippen molar-refractivity contribution in [3.05, 3.63) is 65.1 Å². The summed E-state index contributed by atoms with van der Waals surface area (Å²) in [4.78, 5) is 14.8. The summed E-state index contributed by atoms with van der Waals surface area (Å²) in [5.41, 5.74) is 2.91. The van der Waals surface area contributed by atoms with Crippen molar-refractivity contribution >= 4 is 11.6 Å². The predicted octanol–water partition coefficient (Wildman–Crippen LogP) is 2.96. The number of nitriles is 1. The lowest BCUT2D eigenvalue weighted by atomic mass is 10.1. The summed E-state index contributed by atoms with van der Waals surface area (Å²) in [6.07, 6.45) is 1.78. The third-order valence-electron chi connectivity index (χ3n) is 4.14. The Labute approximate surface area is 146 Å². The summed E-state index contributed by atoms with van der Waals surface area (Å²) < 4.78 is 1.81. The van der Waals surface area contributed by atoms with Gasteiger partial charge in [0.25, 0.3) is 5.91 Å². The van der Waals surface area contributed by atoms with Crippen LogP contribution >= 0.6 is 0 Å². The number of amides is 1. The van der Waals surface area contributed by atoms with Crippen molar-refractivity contribution in [1.82, 2.24) is 19.5 Å². The van der Waals surface area contributed by atoms with Gasteiger partial charge >= 0.3 is 0 Å². The minimum atomic E-state index is -0.0469. The molecule has 1 amide bonds. The van der Waals surface area contributed by atoms with Gasteiger partial charge in [-0.25, -0.2) is 0 Å². The van der Waals surface area contributed by atoms with Gasteiger partial charge in [-0.3, -0.25) is 9.20 Å². The minimum absolute atomic E-state index is 0.0425. The van der Waals surface area contributed by atoms with Crippen LogP contribution in [0.5, 0.6) is 0 Å². The Kier molecular flexibility index (Phi) is 4.48. The standard InChI is InChI=1S/C19H19N5O/c1-13(2)23(11-16-6-4-15(10-20)5-7-16)19(25)17-8-9-18-22-21-14(3)24(18)12-17/h4-9,12-13H,11H2,1-3H3. The van der Waals surface area contributed by atoms with E-state index >= 15 is 0 Å². The van der Waals surface area contributed by atoms with E-state index in [2.05, 4.69) is 16.3 Å². The molecule has 1 aromatic carbocycles. The van der Waals surface area contributed by atoms with Crippen molar-refractivity contribution in [2.75, 3.05) is 0 Å². The Bertz CT molecular complexity index is 950. The number of carbonyl (C=O) groups is 1. The summed E-state index contributed by atoms with van der Waals surface area (Å²) in [5, 5.41) is 17.0. The van der Waals surface area contributed by atoms with E-state index in [1.165, 1.54) is 0 Å². The smallest absolute Gasteiger partial charge is 0.255 e. The largest absolute Gasteiger partial charge is 0.332 e. The molecule has 126 valence electrons. The summed E-state index contributed by atoms with van der Waals surface area (Å²) in [7, 11) is 0. The van der Waals surface area contributed by atoms with Gasteiger partial charge in [0.05, 0.1) is 17.2 Å². The molecule has 0 aliphatic rings. The molecule has 0 saturated heterocycles. The topological polar surface area (TPSA) is 74.3 Å². The second-order valence-electron chi connectivity index (χ2n) is 6.23. The maximum atomic E-state index is 13.0. The van der Waals surface area contributed by atoms with Crippen molar-refractivity contribution in [1.29, 1.82) is 5.26 Å². The molecule has 25 heavy (non-hydrogen) atoms. The molecule has 0 aliphatic carbocycles. The van der Waals surface area contributed by atoms with Gasteiger partial charge in [0.2, 0.25) is 0 Å². The molecule has 0 aliphatic heterocycles. The first kappa shape index (κ1) is 16.7. The number of pyridine rings is 1. The summed E-state index contributed by atoms with van der Waals surface area (Å²) >= 11 is 0. The summed E-state index contributed by atoms with van der Waals surface area (Å²) in [6, 6.07) is 13.0. The maximum absolute atomic E-state index is 13.0. The first-order chi connectivity index (χ1) is 12.0. The van der Waals surface area contributed by atoms with E-state index in [1.54, 1.807) is 30.5 Å². The Balaban J connectivity index is 1.88. The Morgan fingerprint density at radius 1 is 1.20 bits per heavy atom. The molecule has 0 saturated carbocycles. The van der Waals surface area contributed by atoms with Crippen LogP contribution in [0.2, 0.25) is 0 Å². The Hall–Kier alpha value is -3.20. The van der Waals surface area contributed by atoms with Gasteiger partial charge < -0.3 is 4.90 Å². The second kappa shape index (κ2) is 6.73. The molecule has 0 unspecified atom stereocenters. The average molecular weight is 333 g/mol. The number of fused-ring (bicyclic) bond motifs is 1. The lowest BCUT2D eigenvalue weighted by Gasteiger charge is -2.27. The molecule has 0 bridgehead atoms. The monoisotopic (exact) mass is 333 g/mol.